The van der Waals surface area contributed by atoms with Gasteiger partial charge in [-0.3, -0.25) is 4.90 Å². The van der Waals surface area contributed by atoms with Crippen LogP contribution in [0.3, 0.4) is 0 Å². The van der Waals surface area contributed by atoms with E-state index in [1.807, 2.05) is 24.3 Å². The minimum absolute atomic E-state index is 0.206. The van der Waals surface area contributed by atoms with Crippen LogP contribution in [0.5, 0.6) is 0 Å². The summed E-state index contributed by atoms with van der Waals surface area (Å²) < 4.78 is 4.75. The molecule has 3 nitrogen and oxygen atoms in total. The van der Waals surface area contributed by atoms with E-state index in [2.05, 4.69) is 17.0 Å². The van der Waals surface area contributed by atoms with Crippen molar-refractivity contribution >= 4 is 5.97 Å². The predicted molar refractivity (Wildman–Crippen MR) is 66.4 cm³/mol. The molecule has 0 spiro atoms. The zero-order valence-corrected chi connectivity index (χ0v) is 10.1. The van der Waals surface area contributed by atoms with Crippen LogP contribution in [-0.2, 0) is 16.1 Å². The molecule has 1 aliphatic heterocycles. The fraction of sp³-hybridized carbons (Fsp3) is 0.357. The van der Waals surface area contributed by atoms with Crippen molar-refractivity contribution in [3.63, 3.8) is 0 Å². The lowest BCUT2D eigenvalue weighted by Crippen LogP contribution is -2.32. The maximum Gasteiger partial charge on any atom is 0.334 e. The fourth-order valence-electron chi connectivity index (χ4n) is 2.06. The van der Waals surface area contributed by atoms with E-state index < -0.39 is 0 Å². The van der Waals surface area contributed by atoms with Gasteiger partial charge in [-0.1, -0.05) is 36.4 Å². The first-order valence-electron chi connectivity index (χ1n) is 5.83. The zero-order valence-electron chi connectivity index (χ0n) is 10.1. The Morgan fingerprint density at radius 3 is 2.82 bits per heavy atom. The number of carbonyl (C=O) groups excluding carboxylic acids is 1. The number of ether oxygens (including phenoxy) is 1. The van der Waals surface area contributed by atoms with Gasteiger partial charge in [-0.05, 0) is 12.0 Å². The highest BCUT2D eigenvalue weighted by atomic mass is 16.5. The molecular formula is C14H17NO2. The lowest BCUT2D eigenvalue weighted by molar-refractivity contribution is -0.136. The van der Waals surface area contributed by atoms with Crippen molar-refractivity contribution in [3.8, 4) is 0 Å². The quantitative estimate of drug-likeness (QED) is 0.745. The van der Waals surface area contributed by atoms with E-state index in [-0.39, 0.29) is 5.97 Å². The Hall–Kier alpha value is -1.61. The van der Waals surface area contributed by atoms with Crippen LogP contribution >= 0.6 is 0 Å². The molecule has 0 unspecified atom stereocenters. The number of nitrogens with zero attached hydrogens (tertiary/aromatic N) is 1. The first kappa shape index (κ1) is 11.9. The molecule has 0 aliphatic carbocycles. The molecule has 1 aromatic rings. The molecule has 0 radical (unpaired) electrons. The zero-order chi connectivity index (χ0) is 12.1. The third kappa shape index (κ3) is 3.17. The minimum Gasteiger partial charge on any atom is -0.466 e. The van der Waals surface area contributed by atoms with Gasteiger partial charge in [-0.25, -0.2) is 4.79 Å². The van der Waals surface area contributed by atoms with Gasteiger partial charge in [0.25, 0.3) is 0 Å². The molecule has 2 rings (SSSR count). The van der Waals surface area contributed by atoms with Crippen molar-refractivity contribution in [1.82, 2.24) is 4.90 Å². The van der Waals surface area contributed by atoms with Gasteiger partial charge in [0, 0.05) is 25.2 Å². The molecular weight excluding hydrogens is 214 g/mol. The van der Waals surface area contributed by atoms with E-state index in [0.29, 0.717) is 6.54 Å². The van der Waals surface area contributed by atoms with Gasteiger partial charge >= 0.3 is 5.97 Å². The molecule has 1 heterocycles. The normalized spacial score (nSPS) is 16.4. The number of hydrogen-bond acceptors (Lipinski definition) is 3. The highest BCUT2D eigenvalue weighted by Crippen LogP contribution is 2.14. The average molecular weight is 231 g/mol. The first-order chi connectivity index (χ1) is 8.29. The third-order valence-electron chi connectivity index (χ3n) is 2.93. The van der Waals surface area contributed by atoms with E-state index in [1.54, 1.807) is 0 Å². The molecule has 1 aromatic carbocycles. The lowest BCUT2D eigenvalue weighted by atomic mass is 10.1. The van der Waals surface area contributed by atoms with Crippen LogP contribution in [0.25, 0.3) is 0 Å². The molecule has 0 saturated carbocycles. The van der Waals surface area contributed by atoms with Crippen LogP contribution in [0.2, 0.25) is 0 Å². The summed E-state index contributed by atoms with van der Waals surface area (Å²) >= 11 is 0. The predicted octanol–water partition coefficient (Wildman–Crippen LogP) is 1.99. The fourth-order valence-corrected chi connectivity index (χ4v) is 2.06. The number of benzene rings is 1. The second-order valence-corrected chi connectivity index (χ2v) is 4.21. The number of carbonyl (C=O) groups is 1. The summed E-state index contributed by atoms with van der Waals surface area (Å²) in [7, 11) is 1.43. The van der Waals surface area contributed by atoms with E-state index in [1.165, 1.54) is 12.7 Å². The Morgan fingerprint density at radius 1 is 1.35 bits per heavy atom. The van der Waals surface area contributed by atoms with Crippen LogP contribution in [0, 0.1) is 0 Å². The smallest absolute Gasteiger partial charge is 0.334 e. The van der Waals surface area contributed by atoms with Gasteiger partial charge in [-0.2, -0.15) is 0 Å². The van der Waals surface area contributed by atoms with Crippen molar-refractivity contribution < 1.29 is 9.53 Å². The van der Waals surface area contributed by atoms with E-state index in [4.69, 9.17) is 4.74 Å². The van der Waals surface area contributed by atoms with Crippen LogP contribution in [0.1, 0.15) is 12.0 Å². The van der Waals surface area contributed by atoms with Crippen molar-refractivity contribution in [2.24, 2.45) is 0 Å². The molecule has 0 amide bonds. The Kier molecular flexibility index (Phi) is 3.94. The second-order valence-electron chi connectivity index (χ2n) is 4.21. The highest BCUT2D eigenvalue weighted by Gasteiger charge is 2.18. The molecule has 17 heavy (non-hydrogen) atoms. The van der Waals surface area contributed by atoms with Crippen LogP contribution in [0.15, 0.2) is 42.0 Å². The highest BCUT2D eigenvalue weighted by molar-refractivity contribution is 5.88. The second kappa shape index (κ2) is 5.64. The maximum absolute atomic E-state index is 11.4. The van der Waals surface area contributed by atoms with Crippen LogP contribution < -0.4 is 0 Å². The summed E-state index contributed by atoms with van der Waals surface area (Å²) in [5.74, 6) is -0.206. The van der Waals surface area contributed by atoms with E-state index in [0.717, 1.165) is 25.1 Å². The van der Waals surface area contributed by atoms with Crippen LogP contribution in [0.4, 0.5) is 0 Å². The van der Waals surface area contributed by atoms with Gasteiger partial charge in [0.2, 0.25) is 0 Å². The molecule has 1 aliphatic rings. The molecule has 3 heteroatoms. The molecule has 90 valence electrons. The van der Waals surface area contributed by atoms with E-state index >= 15 is 0 Å². The molecule has 0 atom stereocenters. The Morgan fingerprint density at radius 2 is 2.12 bits per heavy atom. The van der Waals surface area contributed by atoms with Gasteiger partial charge < -0.3 is 4.74 Å². The van der Waals surface area contributed by atoms with E-state index in [9.17, 15) is 4.79 Å². The summed E-state index contributed by atoms with van der Waals surface area (Å²) in [6.07, 6.45) is 2.89. The van der Waals surface area contributed by atoms with Gasteiger partial charge in [0.15, 0.2) is 0 Å². The number of esters is 1. The molecule has 0 fully saturated rings. The molecule has 0 N–H and O–H groups in total. The Bertz CT molecular complexity index is 411. The number of methoxy groups -OCH3 is 1. The lowest BCUT2D eigenvalue weighted by Gasteiger charge is -2.26. The largest absolute Gasteiger partial charge is 0.466 e. The Labute approximate surface area is 102 Å². The summed E-state index contributed by atoms with van der Waals surface area (Å²) in [5, 5.41) is 0. The summed E-state index contributed by atoms with van der Waals surface area (Å²) in [4.78, 5) is 13.7. The van der Waals surface area contributed by atoms with Crippen molar-refractivity contribution in [2.75, 3.05) is 20.2 Å². The summed E-state index contributed by atoms with van der Waals surface area (Å²) in [6.45, 7) is 2.56. The standard InChI is InChI=1S/C14H17NO2/c1-17-14(16)13-8-5-9-15(11-13)10-12-6-3-2-4-7-12/h2-4,6-8H,5,9-11H2,1H3. The topological polar surface area (TPSA) is 29.5 Å². The van der Waals surface area contributed by atoms with Crippen molar-refractivity contribution in [3.05, 3.63) is 47.5 Å². The van der Waals surface area contributed by atoms with Crippen molar-refractivity contribution in [2.45, 2.75) is 13.0 Å². The Balaban J connectivity index is 1.97. The number of rotatable bonds is 3. The summed E-state index contributed by atoms with van der Waals surface area (Å²) in [6, 6.07) is 10.3. The maximum atomic E-state index is 11.4. The monoisotopic (exact) mass is 231 g/mol. The first-order valence-corrected chi connectivity index (χ1v) is 5.83. The average Bonchev–Trinajstić information content (AvgIpc) is 2.39. The SMILES string of the molecule is COC(=O)C1=CCCN(Cc2ccccc2)C1. The third-order valence-corrected chi connectivity index (χ3v) is 2.93. The van der Waals surface area contributed by atoms with Crippen molar-refractivity contribution in [1.29, 1.82) is 0 Å². The molecule has 0 aromatic heterocycles. The molecule has 0 bridgehead atoms. The van der Waals surface area contributed by atoms with Crippen LogP contribution in [-0.4, -0.2) is 31.1 Å². The van der Waals surface area contributed by atoms with Gasteiger partial charge in [0.1, 0.15) is 0 Å². The minimum atomic E-state index is -0.206. The molecule has 0 saturated heterocycles. The summed E-state index contributed by atoms with van der Waals surface area (Å²) in [5.41, 5.74) is 2.05. The number of hydrogen-bond donors (Lipinski definition) is 0. The van der Waals surface area contributed by atoms with Gasteiger partial charge in [0.05, 0.1) is 7.11 Å². The van der Waals surface area contributed by atoms with Gasteiger partial charge in [-0.15, -0.1) is 0 Å².